The number of ether oxygens (including phenoxy) is 2. The first-order valence-corrected chi connectivity index (χ1v) is 13.3. The molecule has 0 aliphatic carbocycles. The maximum atomic E-state index is 14.0. The molecule has 3 aromatic rings. The quantitative estimate of drug-likeness (QED) is 0.303. The molecule has 0 saturated carbocycles. The molecule has 0 aliphatic rings. The minimum Gasteiger partial charge on any atom is -0.493 e. The molecule has 0 radical (unpaired) electrons. The van der Waals surface area contributed by atoms with Crippen LogP contribution in [0.15, 0.2) is 53.1 Å². The fourth-order valence-corrected chi connectivity index (χ4v) is 4.28. The normalized spacial score (nSPS) is 11.7. The van der Waals surface area contributed by atoms with Crippen LogP contribution in [0.2, 0.25) is 0 Å². The Morgan fingerprint density at radius 3 is 2.21 bits per heavy atom. The molecule has 0 saturated heterocycles. The highest BCUT2D eigenvalue weighted by molar-refractivity contribution is 6.03. The van der Waals surface area contributed by atoms with Crippen molar-refractivity contribution in [2.45, 2.75) is 59.0 Å². The van der Waals surface area contributed by atoms with Gasteiger partial charge in [0.1, 0.15) is 11.8 Å². The summed E-state index contributed by atoms with van der Waals surface area (Å²) in [4.78, 5) is 53.5. The van der Waals surface area contributed by atoms with E-state index in [9.17, 15) is 19.2 Å². The van der Waals surface area contributed by atoms with Crippen LogP contribution >= 0.6 is 0 Å². The minimum atomic E-state index is -1.21. The van der Waals surface area contributed by atoms with Gasteiger partial charge in [-0.2, -0.15) is 0 Å². The number of hydrogen-bond acceptors (Lipinski definition) is 8. The third kappa shape index (κ3) is 8.32. The summed E-state index contributed by atoms with van der Waals surface area (Å²) in [5, 5.41) is 12.0. The molecular weight excluding hydrogens is 542 g/mol. The first kappa shape index (κ1) is 31.7. The molecule has 1 heterocycles. The van der Waals surface area contributed by atoms with Gasteiger partial charge < -0.3 is 29.9 Å². The number of carbonyl (C=O) groups excluding carboxylic acids is 4. The van der Waals surface area contributed by atoms with E-state index < -0.39 is 29.3 Å². The Hall–Kier alpha value is -4.87. The monoisotopic (exact) mass is 579 g/mol. The molecule has 3 rings (SSSR count). The lowest BCUT2D eigenvalue weighted by Crippen LogP contribution is -2.49. The maximum absolute atomic E-state index is 14.0. The Balaban J connectivity index is 2.08. The number of nitrogens with one attached hydrogen (secondary N) is 3. The fourth-order valence-electron chi connectivity index (χ4n) is 4.28. The van der Waals surface area contributed by atoms with Crippen molar-refractivity contribution in [3.63, 3.8) is 0 Å². The van der Waals surface area contributed by atoms with Crippen LogP contribution in [0, 0.1) is 6.92 Å². The highest BCUT2D eigenvalue weighted by atomic mass is 16.5. The zero-order chi connectivity index (χ0) is 31.0. The van der Waals surface area contributed by atoms with Gasteiger partial charge in [-0.15, -0.1) is 0 Å². The van der Waals surface area contributed by atoms with Crippen molar-refractivity contribution < 1.29 is 33.2 Å². The Kier molecular flexibility index (Phi) is 10.3. The van der Waals surface area contributed by atoms with Crippen molar-refractivity contribution in [1.82, 2.24) is 10.5 Å². The van der Waals surface area contributed by atoms with Crippen LogP contribution < -0.4 is 30.3 Å². The van der Waals surface area contributed by atoms with Crippen LogP contribution in [0.5, 0.6) is 11.5 Å². The number of methoxy groups -OCH3 is 2. The molecule has 3 N–H and O–H groups in total. The summed E-state index contributed by atoms with van der Waals surface area (Å²) in [6.45, 7) is 8.56. The average Bonchev–Trinajstić information content (AvgIpc) is 3.33. The molecule has 0 unspecified atom stereocenters. The van der Waals surface area contributed by atoms with Gasteiger partial charge in [0.05, 0.1) is 14.2 Å². The second-order valence-corrected chi connectivity index (χ2v) is 10.6. The third-order valence-electron chi connectivity index (χ3n) is 5.93. The second kappa shape index (κ2) is 13.7. The molecule has 2 aromatic carbocycles. The van der Waals surface area contributed by atoms with Gasteiger partial charge in [-0.05, 0) is 58.0 Å². The van der Waals surface area contributed by atoms with Crippen LogP contribution in [0.25, 0.3) is 0 Å². The lowest BCUT2D eigenvalue weighted by molar-refractivity contribution is -0.128. The van der Waals surface area contributed by atoms with E-state index in [0.29, 0.717) is 28.4 Å². The summed E-state index contributed by atoms with van der Waals surface area (Å²) in [7, 11) is 2.93. The summed E-state index contributed by atoms with van der Waals surface area (Å²) in [5.41, 5.74) is 0.609. The second-order valence-electron chi connectivity index (χ2n) is 10.6. The Morgan fingerprint density at radius 1 is 0.976 bits per heavy atom. The Morgan fingerprint density at radius 2 is 1.67 bits per heavy atom. The molecule has 0 fully saturated rings. The first-order chi connectivity index (χ1) is 19.8. The number of para-hydroxylation sites is 1. The van der Waals surface area contributed by atoms with E-state index in [2.05, 4.69) is 21.1 Å². The smallest absolute Gasteiger partial charge is 0.248 e. The van der Waals surface area contributed by atoms with Crippen LogP contribution in [0.3, 0.4) is 0 Å². The van der Waals surface area contributed by atoms with Crippen LogP contribution in [-0.4, -0.2) is 48.5 Å². The number of benzene rings is 2. The topological polar surface area (TPSA) is 152 Å². The molecule has 224 valence electrons. The minimum absolute atomic E-state index is 0.186. The van der Waals surface area contributed by atoms with Crippen LogP contribution in [-0.2, 0) is 19.2 Å². The number of rotatable bonds is 11. The van der Waals surface area contributed by atoms with Gasteiger partial charge in [-0.3, -0.25) is 24.1 Å². The van der Waals surface area contributed by atoms with Gasteiger partial charge in [0.2, 0.25) is 23.6 Å². The Labute approximate surface area is 244 Å². The number of carbonyl (C=O) groups is 4. The van der Waals surface area contributed by atoms with Crippen molar-refractivity contribution in [3.05, 3.63) is 59.9 Å². The predicted octanol–water partition coefficient (Wildman–Crippen LogP) is 4.37. The largest absolute Gasteiger partial charge is 0.493 e. The van der Waals surface area contributed by atoms with Gasteiger partial charge in [0.15, 0.2) is 17.3 Å². The summed E-state index contributed by atoms with van der Waals surface area (Å²) in [5.74, 6) is -0.280. The molecule has 42 heavy (non-hydrogen) atoms. The molecule has 0 aliphatic heterocycles. The first-order valence-electron chi connectivity index (χ1n) is 13.3. The standard InChI is InChI=1S/C30H37N5O7/c1-18-17-24(34-42-18)32-25(37)15-16-26(38)35(21-13-11-20(12-14-21)31-19(2)36)27(29(39)33-30(3,4)5)22-9-8-10-23(40-6)28(22)41-7/h8-14,17,27H,15-16H2,1-7H3,(H,31,36)(H,33,39)(H,32,34,37)/t27-/m0/s1. The van der Waals surface area contributed by atoms with E-state index in [4.69, 9.17) is 14.0 Å². The SMILES string of the molecule is COc1cccc([C@@H](C(=O)NC(C)(C)C)N(C(=O)CCC(=O)Nc2cc(C)on2)c2ccc(NC(C)=O)cc2)c1OC. The van der Waals surface area contributed by atoms with Crippen LogP contribution in [0.1, 0.15) is 57.9 Å². The van der Waals surface area contributed by atoms with Crippen LogP contribution in [0.4, 0.5) is 17.2 Å². The summed E-state index contributed by atoms with van der Waals surface area (Å²) in [6.07, 6.45) is -0.421. The van der Waals surface area contributed by atoms with Gasteiger partial charge in [-0.25, -0.2) is 0 Å². The van der Waals surface area contributed by atoms with E-state index in [0.717, 1.165) is 0 Å². The van der Waals surface area contributed by atoms with Gasteiger partial charge >= 0.3 is 0 Å². The number of aromatic nitrogens is 1. The van der Waals surface area contributed by atoms with Crippen molar-refractivity contribution in [2.24, 2.45) is 0 Å². The summed E-state index contributed by atoms with van der Waals surface area (Å²) in [6, 6.07) is 11.9. The molecule has 0 spiro atoms. The fraction of sp³-hybridized carbons (Fsp3) is 0.367. The number of nitrogens with zero attached hydrogens (tertiary/aromatic N) is 2. The van der Waals surface area contributed by atoms with Gasteiger partial charge in [0, 0.05) is 48.3 Å². The van der Waals surface area contributed by atoms with E-state index in [1.165, 1.54) is 26.0 Å². The number of aryl methyl sites for hydroxylation is 1. The predicted molar refractivity (Wildman–Crippen MR) is 158 cm³/mol. The molecule has 0 bridgehead atoms. The molecule has 12 heteroatoms. The van der Waals surface area contributed by atoms with E-state index in [1.54, 1.807) is 55.5 Å². The highest BCUT2D eigenvalue weighted by Crippen LogP contribution is 2.39. The van der Waals surface area contributed by atoms with Gasteiger partial charge in [0.25, 0.3) is 0 Å². The number of anilines is 3. The van der Waals surface area contributed by atoms with Gasteiger partial charge in [-0.1, -0.05) is 17.3 Å². The summed E-state index contributed by atoms with van der Waals surface area (Å²) >= 11 is 0. The number of amides is 4. The van der Waals surface area contributed by atoms with Crippen molar-refractivity contribution >= 4 is 40.8 Å². The Bertz CT molecular complexity index is 1430. The van der Waals surface area contributed by atoms with E-state index in [1.807, 2.05) is 20.8 Å². The molecule has 4 amide bonds. The number of hydrogen-bond donors (Lipinski definition) is 3. The van der Waals surface area contributed by atoms with Crippen molar-refractivity contribution in [1.29, 1.82) is 0 Å². The van der Waals surface area contributed by atoms with E-state index in [-0.39, 0.29) is 30.3 Å². The summed E-state index contributed by atoms with van der Waals surface area (Å²) < 4.78 is 16.1. The zero-order valence-electron chi connectivity index (χ0n) is 24.9. The van der Waals surface area contributed by atoms with Crippen molar-refractivity contribution in [2.75, 3.05) is 29.8 Å². The third-order valence-corrected chi connectivity index (χ3v) is 5.93. The van der Waals surface area contributed by atoms with Crippen molar-refractivity contribution in [3.8, 4) is 11.5 Å². The lowest BCUT2D eigenvalue weighted by Gasteiger charge is -2.34. The highest BCUT2D eigenvalue weighted by Gasteiger charge is 2.37. The van der Waals surface area contributed by atoms with E-state index >= 15 is 0 Å². The maximum Gasteiger partial charge on any atom is 0.248 e. The molecule has 1 atom stereocenters. The molecule has 1 aromatic heterocycles. The molecule has 12 nitrogen and oxygen atoms in total. The zero-order valence-corrected chi connectivity index (χ0v) is 24.9. The average molecular weight is 580 g/mol. The lowest BCUT2D eigenvalue weighted by atomic mass is 9.98. The molecular formula is C30H37N5O7.